The molecule has 0 fully saturated rings. The fraction of sp³-hybridized carbons (Fsp3) is 0. The summed E-state index contributed by atoms with van der Waals surface area (Å²) in [6.07, 6.45) is 2.97. The highest BCUT2D eigenvalue weighted by molar-refractivity contribution is 5.94. The van der Waals surface area contributed by atoms with E-state index in [0.717, 1.165) is 0 Å². The van der Waals surface area contributed by atoms with E-state index in [1.807, 2.05) is 0 Å². The maximum absolute atomic E-state index is 10.6. The first-order chi connectivity index (χ1) is 5.79. The molecular weight excluding hydrogens is 158 g/mol. The first-order valence-electron chi connectivity index (χ1n) is 3.30. The summed E-state index contributed by atoms with van der Waals surface area (Å²) in [7, 11) is 0. The highest BCUT2D eigenvalue weighted by Crippen LogP contribution is 2.05. The van der Waals surface area contributed by atoms with Gasteiger partial charge in [0.05, 0.1) is 0 Å². The highest BCUT2D eigenvalue weighted by Gasteiger charge is 2.08. The van der Waals surface area contributed by atoms with Crippen LogP contribution in [0, 0.1) is 0 Å². The van der Waals surface area contributed by atoms with Gasteiger partial charge in [0.1, 0.15) is 11.9 Å². The van der Waals surface area contributed by atoms with Crippen molar-refractivity contribution < 1.29 is 9.90 Å². The van der Waals surface area contributed by atoms with Crippen molar-refractivity contribution in [3.63, 3.8) is 0 Å². The van der Waals surface area contributed by atoms with Gasteiger partial charge in [0.25, 0.3) is 0 Å². The molecule has 0 aromatic carbocycles. The van der Waals surface area contributed by atoms with Gasteiger partial charge >= 0.3 is 5.97 Å². The van der Waals surface area contributed by atoms with Crippen LogP contribution in [0.15, 0.2) is 24.7 Å². The Balaban J connectivity index is 2.82. The summed E-state index contributed by atoms with van der Waals surface area (Å²) in [6, 6.07) is 3.11. The van der Waals surface area contributed by atoms with Crippen LogP contribution in [0.4, 0.5) is 0 Å². The van der Waals surface area contributed by atoms with Gasteiger partial charge in [-0.15, -0.1) is 0 Å². The number of fused-ring (bicyclic) bond motifs is 1. The molecule has 2 heterocycles. The summed E-state index contributed by atoms with van der Waals surface area (Å²) in [5, 5.41) is 12.5. The zero-order valence-corrected chi connectivity index (χ0v) is 6.01. The molecule has 5 nitrogen and oxygen atoms in total. The lowest BCUT2D eigenvalue weighted by Gasteiger charge is -1.94. The topological polar surface area (TPSA) is 67.5 Å². The molecular formula is C7H5N3O2. The molecule has 0 amide bonds. The van der Waals surface area contributed by atoms with Gasteiger partial charge < -0.3 is 5.11 Å². The largest absolute Gasteiger partial charge is 0.478 e. The SMILES string of the molecule is O=C(O)c1cccn2ncnc12. The highest BCUT2D eigenvalue weighted by atomic mass is 16.4. The molecule has 60 valence electrons. The van der Waals surface area contributed by atoms with Crippen molar-refractivity contribution in [2.75, 3.05) is 0 Å². The van der Waals surface area contributed by atoms with Gasteiger partial charge in [-0.1, -0.05) is 0 Å². The quantitative estimate of drug-likeness (QED) is 0.661. The molecule has 0 unspecified atom stereocenters. The van der Waals surface area contributed by atoms with E-state index in [1.165, 1.54) is 16.9 Å². The van der Waals surface area contributed by atoms with Crippen LogP contribution in [0.3, 0.4) is 0 Å². The summed E-state index contributed by atoms with van der Waals surface area (Å²) < 4.78 is 1.42. The van der Waals surface area contributed by atoms with Crippen molar-refractivity contribution in [3.05, 3.63) is 30.2 Å². The Morgan fingerprint density at radius 1 is 1.58 bits per heavy atom. The Bertz CT molecular complexity index is 435. The van der Waals surface area contributed by atoms with E-state index in [-0.39, 0.29) is 5.56 Å². The molecule has 0 saturated carbocycles. The molecule has 0 bridgehead atoms. The van der Waals surface area contributed by atoms with Gasteiger partial charge in [-0.3, -0.25) is 0 Å². The minimum Gasteiger partial charge on any atom is -0.478 e. The monoisotopic (exact) mass is 163 g/mol. The molecule has 1 N–H and O–H groups in total. The molecule has 0 aliphatic heterocycles. The Labute approximate surface area is 67.3 Å². The fourth-order valence-electron chi connectivity index (χ4n) is 1.01. The van der Waals surface area contributed by atoms with E-state index in [2.05, 4.69) is 10.1 Å². The van der Waals surface area contributed by atoms with E-state index < -0.39 is 5.97 Å². The molecule has 2 aromatic rings. The number of hydrogen-bond acceptors (Lipinski definition) is 3. The van der Waals surface area contributed by atoms with Crippen molar-refractivity contribution in [3.8, 4) is 0 Å². The molecule has 5 heteroatoms. The number of carboxylic acid groups (broad SMARTS) is 1. The van der Waals surface area contributed by atoms with E-state index in [1.54, 1.807) is 12.3 Å². The molecule has 0 atom stereocenters. The van der Waals surface area contributed by atoms with Gasteiger partial charge in [0, 0.05) is 6.20 Å². The van der Waals surface area contributed by atoms with Crippen LogP contribution in [0.5, 0.6) is 0 Å². The van der Waals surface area contributed by atoms with E-state index in [0.29, 0.717) is 5.65 Å². The average molecular weight is 163 g/mol. The molecule has 0 saturated heterocycles. The molecule has 0 radical (unpaired) electrons. The van der Waals surface area contributed by atoms with Crippen molar-refractivity contribution in [2.45, 2.75) is 0 Å². The molecule has 0 spiro atoms. The van der Waals surface area contributed by atoms with Crippen LogP contribution in [-0.2, 0) is 0 Å². The third-order valence-electron chi connectivity index (χ3n) is 1.53. The van der Waals surface area contributed by atoms with Crippen LogP contribution in [0.2, 0.25) is 0 Å². The molecule has 2 rings (SSSR count). The van der Waals surface area contributed by atoms with Crippen LogP contribution in [-0.4, -0.2) is 25.7 Å². The Kier molecular flexibility index (Phi) is 1.30. The second-order valence-electron chi connectivity index (χ2n) is 2.26. The van der Waals surface area contributed by atoms with Crippen LogP contribution in [0.25, 0.3) is 5.65 Å². The lowest BCUT2D eigenvalue weighted by molar-refractivity contribution is 0.0698. The number of carboxylic acids is 1. The minimum absolute atomic E-state index is 0.162. The first kappa shape index (κ1) is 6.78. The number of rotatable bonds is 1. The maximum Gasteiger partial charge on any atom is 0.339 e. The molecule has 2 aromatic heterocycles. The predicted molar refractivity (Wildman–Crippen MR) is 39.9 cm³/mol. The van der Waals surface area contributed by atoms with Crippen molar-refractivity contribution in [1.82, 2.24) is 14.6 Å². The van der Waals surface area contributed by atoms with E-state index >= 15 is 0 Å². The fourth-order valence-corrected chi connectivity index (χ4v) is 1.01. The normalized spacial score (nSPS) is 10.3. The summed E-state index contributed by atoms with van der Waals surface area (Å²) in [6.45, 7) is 0. The molecule has 12 heavy (non-hydrogen) atoms. The van der Waals surface area contributed by atoms with Gasteiger partial charge in [-0.25, -0.2) is 14.3 Å². The van der Waals surface area contributed by atoms with Crippen molar-refractivity contribution >= 4 is 11.6 Å². The minimum atomic E-state index is -0.992. The average Bonchev–Trinajstić information content (AvgIpc) is 2.49. The van der Waals surface area contributed by atoms with Crippen molar-refractivity contribution in [1.29, 1.82) is 0 Å². The van der Waals surface area contributed by atoms with E-state index in [9.17, 15) is 4.79 Å². The number of nitrogens with zero attached hydrogens (tertiary/aromatic N) is 3. The standard InChI is InChI=1S/C7H5N3O2/c11-7(12)5-2-1-3-10-6(5)8-4-9-10/h1-4H,(H,11,12). The van der Waals surface area contributed by atoms with Gasteiger partial charge in [-0.05, 0) is 12.1 Å². The Morgan fingerprint density at radius 2 is 2.42 bits per heavy atom. The maximum atomic E-state index is 10.6. The summed E-state index contributed by atoms with van der Waals surface area (Å²) in [4.78, 5) is 14.4. The third-order valence-corrected chi connectivity index (χ3v) is 1.53. The van der Waals surface area contributed by atoms with Crippen LogP contribution < -0.4 is 0 Å². The van der Waals surface area contributed by atoms with Gasteiger partial charge in [0.15, 0.2) is 5.65 Å². The summed E-state index contributed by atoms with van der Waals surface area (Å²) >= 11 is 0. The second kappa shape index (κ2) is 2.30. The van der Waals surface area contributed by atoms with Crippen LogP contribution >= 0.6 is 0 Å². The molecule has 0 aliphatic carbocycles. The van der Waals surface area contributed by atoms with Gasteiger partial charge in [-0.2, -0.15) is 5.10 Å². The lowest BCUT2D eigenvalue weighted by Crippen LogP contribution is -2.00. The van der Waals surface area contributed by atoms with E-state index in [4.69, 9.17) is 5.11 Å². The lowest BCUT2D eigenvalue weighted by atomic mass is 10.3. The molecule has 0 aliphatic rings. The third kappa shape index (κ3) is 0.833. The number of pyridine rings is 1. The Morgan fingerprint density at radius 3 is 3.17 bits per heavy atom. The first-order valence-corrected chi connectivity index (χ1v) is 3.30. The zero-order chi connectivity index (χ0) is 8.55. The number of aromatic nitrogens is 3. The summed E-state index contributed by atoms with van der Waals surface area (Å²) in [5.41, 5.74) is 0.528. The second-order valence-corrected chi connectivity index (χ2v) is 2.26. The summed E-state index contributed by atoms with van der Waals surface area (Å²) in [5.74, 6) is -0.992. The smallest absolute Gasteiger partial charge is 0.339 e. The number of hydrogen-bond donors (Lipinski definition) is 1. The number of carbonyl (C=O) groups is 1. The Hall–Kier alpha value is -1.91. The zero-order valence-electron chi connectivity index (χ0n) is 6.01. The van der Waals surface area contributed by atoms with Crippen molar-refractivity contribution in [2.24, 2.45) is 0 Å². The predicted octanol–water partition coefficient (Wildman–Crippen LogP) is 0.427. The van der Waals surface area contributed by atoms with Gasteiger partial charge in [0.2, 0.25) is 0 Å². The van der Waals surface area contributed by atoms with Crippen LogP contribution in [0.1, 0.15) is 10.4 Å². The number of aromatic carboxylic acids is 1.